The fourth-order valence-electron chi connectivity index (χ4n) is 3.28. The number of imidazole rings is 1. The lowest BCUT2D eigenvalue weighted by Crippen LogP contribution is -1.89. The summed E-state index contributed by atoms with van der Waals surface area (Å²) in [6, 6.07) is 18.8. The quantitative estimate of drug-likeness (QED) is 0.388. The minimum absolute atomic E-state index is 0.380. The van der Waals surface area contributed by atoms with Gasteiger partial charge in [-0.05, 0) is 30.3 Å². The molecule has 0 bridgehead atoms. The van der Waals surface area contributed by atoms with Crippen LogP contribution >= 0.6 is 11.6 Å². The highest BCUT2D eigenvalue weighted by molar-refractivity contribution is 6.31. The molecule has 1 N–H and O–H groups in total. The number of aromatic amines is 1. The SMILES string of the molecule is COc1cc(OC)cc(-c2nc(-c3ccc(-c4nc5cc(Cl)ccc5[nH]4)cc3)no2)c1. The maximum atomic E-state index is 6.05. The number of hydrogen-bond acceptors (Lipinski definition) is 6. The van der Waals surface area contributed by atoms with Crippen LogP contribution in [0.5, 0.6) is 11.5 Å². The zero-order chi connectivity index (χ0) is 21.4. The molecule has 154 valence electrons. The molecule has 2 heterocycles. The van der Waals surface area contributed by atoms with E-state index in [4.69, 9.17) is 25.6 Å². The van der Waals surface area contributed by atoms with Crippen LogP contribution in [0.2, 0.25) is 5.02 Å². The van der Waals surface area contributed by atoms with Crippen molar-refractivity contribution in [1.29, 1.82) is 0 Å². The summed E-state index contributed by atoms with van der Waals surface area (Å²) < 4.78 is 16.1. The predicted molar refractivity (Wildman–Crippen MR) is 118 cm³/mol. The second-order valence-electron chi connectivity index (χ2n) is 6.85. The molecule has 0 unspecified atom stereocenters. The standard InChI is InChI=1S/C23H17ClN4O3/c1-29-17-9-15(10-18(12-17)30-2)23-27-22(28-31-23)14-5-3-13(4-6-14)21-25-19-8-7-16(24)11-20(19)26-21/h3-12H,1-2H3,(H,25,26). The molecule has 0 amide bonds. The molecule has 0 saturated carbocycles. The number of rotatable bonds is 5. The monoisotopic (exact) mass is 432 g/mol. The van der Waals surface area contributed by atoms with E-state index in [0.29, 0.717) is 33.8 Å². The van der Waals surface area contributed by atoms with E-state index in [0.717, 1.165) is 28.0 Å². The summed E-state index contributed by atoms with van der Waals surface area (Å²) in [6.45, 7) is 0. The number of methoxy groups -OCH3 is 2. The van der Waals surface area contributed by atoms with Crippen LogP contribution in [0.3, 0.4) is 0 Å². The highest BCUT2D eigenvalue weighted by Crippen LogP contribution is 2.31. The highest BCUT2D eigenvalue weighted by Gasteiger charge is 2.14. The van der Waals surface area contributed by atoms with Crippen LogP contribution < -0.4 is 9.47 Å². The summed E-state index contributed by atoms with van der Waals surface area (Å²) in [6.07, 6.45) is 0. The van der Waals surface area contributed by atoms with Gasteiger partial charge in [0.2, 0.25) is 5.82 Å². The molecule has 5 rings (SSSR count). The lowest BCUT2D eigenvalue weighted by Gasteiger charge is -2.05. The van der Waals surface area contributed by atoms with Gasteiger partial charge in [0.05, 0.1) is 25.3 Å². The van der Waals surface area contributed by atoms with Crippen molar-refractivity contribution in [3.05, 3.63) is 65.7 Å². The van der Waals surface area contributed by atoms with Gasteiger partial charge in [-0.15, -0.1) is 0 Å². The number of H-pyrrole nitrogens is 1. The highest BCUT2D eigenvalue weighted by atomic mass is 35.5. The molecule has 7 nitrogen and oxygen atoms in total. The maximum Gasteiger partial charge on any atom is 0.258 e. The molecule has 0 aliphatic carbocycles. The normalized spacial score (nSPS) is 11.1. The van der Waals surface area contributed by atoms with Crippen LogP contribution in [0.15, 0.2) is 65.2 Å². The van der Waals surface area contributed by atoms with Crippen molar-refractivity contribution in [3.63, 3.8) is 0 Å². The number of aromatic nitrogens is 4. The lowest BCUT2D eigenvalue weighted by atomic mass is 10.1. The summed E-state index contributed by atoms with van der Waals surface area (Å²) in [7, 11) is 3.19. The minimum atomic E-state index is 0.380. The predicted octanol–water partition coefficient (Wildman–Crippen LogP) is 5.62. The Labute approximate surface area is 182 Å². The molecule has 0 radical (unpaired) electrons. The second kappa shape index (κ2) is 7.77. The Bertz CT molecular complexity index is 1350. The average molecular weight is 433 g/mol. The summed E-state index contributed by atoms with van der Waals surface area (Å²) in [5, 5.41) is 4.77. The fourth-order valence-corrected chi connectivity index (χ4v) is 3.45. The largest absolute Gasteiger partial charge is 0.497 e. The Morgan fingerprint density at radius 1 is 0.806 bits per heavy atom. The van der Waals surface area contributed by atoms with E-state index in [1.54, 1.807) is 20.3 Å². The van der Waals surface area contributed by atoms with E-state index in [-0.39, 0.29) is 0 Å². The van der Waals surface area contributed by atoms with Crippen LogP contribution in [0.4, 0.5) is 0 Å². The number of benzene rings is 3. The molecule has 0 aliphatic heterocycles. The van der Waals surface area contributed by atoms with Crippen LogP contribution in [0.1, 0.15) is 0 Å². The van der Waals surface area contributed by atoms with Gasteiger partial charge in [0, 0.05) is 27.8 Å². The maximum absolute atomic E-state index is 6.05. The Morgan fingerprint density at radius 3 is 2.23 bits per heavy atom. The van der Waals surface area contributed by atoms with Gasteiger partial charge in [0.15, 0.2) is 0 Å². The molecule has 0 spiro atoms. The van der Waals surface area contributed by atoms with Gasteiger partial charge >= 0.3 is 0 Å². The fraction of sp³-hybridized carbons (Fsp3) is 0.0870. The van der Waals surface area contributed by atoms with Gasteiger partial charge in [0.1, 0.15) is 17.3 Å². The van der Waals surface area contributed by atoms with Crippen molar-refractivity contribution in [2.24, 2.45) is 0 Å². The van der Waals surface area contributed by atoms with Gasteiger partial charge in [-0.25, -0.2) is 4.98 Å². The van der Waals surface area contributed by atoms with Gasteiger partial charge in [0.25, 0.3) is 5.89 Å². The Hall–Kier alpha value is -3.84. The minimum Gasteiger partial charge on any atom is -0.497 e. The first-order valence-corrected chi connectivity index (χ1v) is 9.84. The van der Waals surface area contributed by atoms with Crippen LogP contribution in [-0.2, 0) is 0 Å². The van der Waals surface area contributed by atoms with E-state index >= 15 is 0 Å². The topological polar surface area (TPSA) is 86.1 Å². The summed E-state index contributed by atoms with van der Waals surface area (Å²) in [5.74, 6) is 2.92. The molecule has 8 heteroatoms. The van der Waals surface area contributed by atoms with Gasteiger partial charge in [-0.2, -0.15) is 4.98 Å². The second-order valence-corrected chi connectivity index (χ2v) is 7.29. The number of nitrogens with zero attached hydrogens (tertiary/aromatic N) is 3. The number of nitrogens with one attached hydrogen (secondary N) is 1. The molecule has 0 fully saturated rings. The first-order valence-electron chi connectivity index (χ1n) is 9.46. The zero-order valence-electron chi connectivity index (χ0n) is 16.7. The van der Waals surface area contributed by atoms with E-state index in [1.807, 2.05) is 54.6 Å². The van der Waals surface area contributed by atoms with Crippen LogP contribution in [0.25, 0.3) is 45.3 Å². The van der Waals surface area contributed by atoms with E-state index in [1.165, 1.54) is 0 Å². The van der Waals surface area contributed by atoms with Gasteiger partial charge < -0.3 is 19.0 Å². The van der Waals surface area contributed by atoms with Gasteiger partial charge in [-0.1, -0.05) is 41.0 Å². The van der Waals surface area contributed by atoms with E-state index < -0.39 is 0 Å². The first kappa shape index (κ1) is 19.1. The summed E-state index contributed by atoms with van der Waals surface area (Å²) >= 11 is 6.05. The molecular weight excluding hydrogens is 416 g/mol. The van der Waals surface area contributed by atoms with Crippen LogP contribution in [-0.4, -0.2) is 34.3 Å². The number of ether oxygens (including phenoxy) is 2. The molecule has 5 aromatic rings. The Balaban J connectivity index is 1.43. The van der Waals surface area contributed by atoms with Crippen molar-refractivity contribution >= 4 is 22.6 Å². The number of fused-ring (bicyclic) bond motifs is 1. The third-order valence-corrected chi connectivity index (χ3v) is 5.12. The van der Waals surface area contributed by atoms with Gasteiger partial charge in [-0.3, -0.25) is 0 Å². The Morgan fingerprint density at radius 2 is 1.52 bits per heavy atom. The summed E-state index contributed by atoms with van der Waals surface area (Å²) in [5.41, 5.74) is 4.24. The van der Waals surface area contributed by atoms with Crippen molar-refractivity contribution in [2.45, 2.75) is 0 Å². The van der Waals surface area contributed by atoms with Crippen LogP contribution in [0, 0.1) is 0 Å². The third kappa shape index (κ3) is 3.71. The van der Waals surface area contributed by atoms with E-state index in [9.17, 15) is 0 Å². The zero-order valence-corrected chi connectivity index (χ0v) is 17.5. The lowest BCUT2D eigenvalue weighted by molar-refractivity contribution is 0.393. The van der Waals surface area contributed by atoms with Crippen molar-refractivity contribution < 1.29 is 14.0 Å². The molecule has 0 atom stereocenters. The van der Waals surface area contributed by atoms with Crippen molar-refractivity contribution in [3.8, 4) is 45.7 Å². The molecular formula is C23H17ClN4O3. The molecule has 0 saturated heterocycles. The average Bonchev–Trinajstić information content (AvgIpc) is 3.46. The first-order chi connectivity index (χ1) is 15.1. The number of halogens is 1. The molecule has 2 aromatic heterocycles. The van der Waals surface area contributed by atoms with Crippen molar-refractivity contribution in [2.75, 3.05) is 14.2 Å². The Kier molecular flexibility index (Phi) is 4.80. The smallest absolute Gasteiger partial charge is 0.258 e. The summed E-state index contributed by atoms with van der Waals surface area (Å²) in [4.78, 5) is 12.4. The number of hydrogen-bond donors (Lipinski definition) is 1. The van der Waals surface area contributed by atoms with E-state index in [2.05, 4.69) is 20.1 Å². The molecule has 0 aliphatic rings. The molecule has 31 heavy (non-hydrogen) atoms. The van der Waals surface area contributed by atoms with Crippen molar-refractivity contribution in [1.82, 2.24) is 20.1 Å². The third-order valence-electron chi connectivity index (χ3n) is 4.89. The molecule has 3 aromatic carbocycles.